The van der Waals surface area contributed by atoms with Gasteiger partial charge in [-0.25, -0.2) is 0 Å². The number of H-pyrrole nitrogens is 2. The van der Waals surface area contributed by atoms with Crippen molar-refractivity contribution in [3.8, 4) is 11.3 Å². The fraction of sp³-hybridized carbons (Fsp3) is 0.250. The van der Waals surface area contributed by atoms with Crippen molar-refractivity contribution >= 4 is 12.2 Å². The van der Waals surface area contributed by atoms with Crippen LogP contribution in [0.4, 0.5) is 13.2 Å². The van der Waals surface area contributed by atoms with Crippen LogP contribution in [-0.2, 0) is 25.7 Å². The molecule has 5 nitrogen and oxygen atoms in total. The van der Waals surface area contributed by atoms with Crippen LogP contribution < -0.4 is 5.56 Å². The molecule has 0 amide bonds. The summed E-state index contributed by atoms with van der Waals surface area (Å²) in [5.41, 5.74) is 2.49. The summed E-state index contributed by atoms with van der Waals surface area (Å²) in [6.07, 6.45) is -2.03. The number of nitrogens with one attached hydrogen (secondary N) is 2. The number of pyridine rings is 1. The van der Waals surface area contributed by atoms with E-state index in [4.69, 9.17) is 12.2 Å². The summed E-state index contributed by atoms with van der Waals surface area (Å²) in [5, 5.41) is 0. The zero-order chi connectivity index (χ0) is 20.6. The molecule has 3 aromatic rings. The Balaban J connectivity index is 1.49. The van der Waals surface area contributed by atoms with Crippen molar-refractivity contribution in [2.24, 2.45) is 0 Å². The van der Waals surface area contributed by atoms with Gasteiger partial charge in [0.25, 0.3) is 5.56 Å². The SMILES string of the molecule is O=c1[nH]c(=S)[nH]c2c1CN(Cc1ccc(-c3cccc(C(F)(F)F)c3)nc1)CC2. The summed E-state index contributed by atoms with van der Waals surface area (Å²) < 4.78 is 39.0. The van der Waals surface area contributed by atoms with Gasteiger partial charge in [-0.3, -0.25) is 19.7 Å². The monoisotopic (exact) mass is 418 g/mol. The molecule has 0 fully saturated rings. The molecule has 0 saturated carbocycles. The van der Waals surface area contributed by atoms with E-state index >= 15 is 0 Å². The number of fused-ring (bicyclic) bond motifs is 1. The Morgan fingerprint density at radius 2 is 2.00 bits per heavy atom. The quantitative estimate of drug-likeness (QED) is 0.630. The van der Waals surface area contributed by atoms with Gasteiger partial charge in [0, 0.05) is 43.5 Å². The van der Waals surface area contributed by atoms with E-state index in [9.17, 15) is 18.0 Å². The second-order valence-electron chi connectivity index (χ2n) is 6.96. The number of nitrogens with zero attached hydrogens (tertiary/aromatic N) is 2. The van der Waals surface area contributed by atoms with Crippen molar-refractivity contribution in [1.82, 2.24) is 19.9 Å². The fourth-order valence-corrected chi connectivity index (χ4v) is 3.67. The molecule has 1 aliphatic rings. The Bertz CT molecular complexity index is 1150. The van der Waals surface area contributed by atoms with E-state index in [2.05, 4.69) is 19.9 Å². The summed E-state index contributed by atoms with van der Waals surface area (Å²) >= 11 is 5.00. The molecule has 0 spiro atoms. The standard InChI is InChI=1S/C20H17F3N4OS/c21-20(22,23)14-3-1-2-13(8-14)16-5-4-12(9-24-16)10-27-7-6-17-15(11-27)18(28)26-19(29)25-17/h1-5,8-9H,6-7,10-11H2,(H2,25,26,28,29). The molecule has 2 aromatic heterocycles. The molecular weight excluding hydrogens is 401 g/mol. The van der Waals surface area contributed by atoms with E-state index in [-0.39, 0.29) is 5.56 Å². The molecule has 29 heavy (non-hydrogen) atoms. The van der Waals surface area contributed by atoms with Crippen LogP contribution in [0.5, 0.6) is 0 Å². The summed E-state index contributed by atoms with van der Waals surface area (Å²) in [7, 11) is 0. The first kappa shape index (κ1) is 19.5. The van der Waals surface area contributed by atoms with Gasteiger partial charge in [0.1, 0.15) is 0 Å². The van der Waals surface area contributed by atoms with Gasteiger partial charge in [0.05, 0.1) is 16.8 Å². The third kappa shape index (κ3) is 4.30. The molecule has 0 unspecified atom stereocenters. The summed E-state index contributed by atoms with van der Waals surface area (Å²) in [6.45, 7) is 1.84. The number of aromatic amines is 2. The Hall–Kier alpha value is -2.78. The maximum Gasteiger partial charge on any atom is 0.416 e. The van der Waals surface area contributed by atoms with Gasteiger partial charge in [-0.1, -0.05) is 18.2 Å². The van der Waals surface area contributed by atoms with Crippen molar-refractivity contribution in [2.45, 2.75) is 25.7 Å². The highest BCUT2D eigenvalue weighted by Crippen LogP contribution is 2.31. The number of halogens is 3. The molecule has 1 aliphatic heterocycles. The van der Waals surface area contributed by atoms with E-state index in [1.54, 1.807) is 18.3 Å². The van der Waals surface area contributed by atoms with Crippen LogP contribution in [0.25, 0.3) is 11.3 Å². The molecule has 3 heterocycles. The van der Waals surface area contributed by atoms with Gasteiger partial charge in [-0.2, -0.15) is 13.2 Å². The first-order chi connectivity index (χ1) is 13.8. The Kier molecular flexibility index (Phi) is 5.10. The summed E-state index contributed by atoms with van der Waals surface area (Å²) in [6, 6.07) is 8.68. The third-order valence-electron chi connectivity index (χ3n) is 4.91. The van der Waals surface area contributed by atoms with Gasteiger partial charge in [0.15, 0.2) is 4.77 Å². The van der Waals surface area contributed by atoms with Gasteiger partial charge in [-0.05, 0) is 36.0 Å². The van der Waals surface area contributed by atoms with Gasteiger partial charge >= 0.3 is 6.18 Å². The minimum Gasteiger partial charge on any atom is -0.335 e. The van der Waals surface area contributed by atoms with Crippen LogP contribution in [0.3, 0.4) is 0 Å². The molecule has 0 bridgehead atoms. The number of aromatic nitrogens is 3. The van der Waals surface area contributed by atoms with Gasteiger partial charge < -0.3 is 4.98 Å². The highest BCUT2D eigenvalue weighted by Gasteiger charge is 2.30. The topological polar surface area (TPSA) is 64.8 Å². The van der Waals surface area contributed by atoms with Crippen LogP contribution in [0.2, 0.25) is 0 Å². The van der Waals surface area contributed by atoms with Crippen LogP contribution in [0.1, 0.15) is 22.4 Å². The minimum absolute atomic E-state index is 0.175. The molecular formula is C20H17F3N4OS. The average molecular weight is 418 g/mol. The fourth-order valence-electron chi connectivity index (χ4n) is 3.45. The van der Waals surface area contributed by atoms with Crippen molar-refractivity contribution in [3.63, 3.8) is 0 Å². The normalized spacial score (nSPS) is 14.6. The van der Waals surface area contributed by atoms with Crippen LogP contribution in [-0.4, -0.2) is 26.4 Å². The maximum atomic E-state index is 12.9. The van der Waals surface area contributed by atoms with Crippen molar-refractivity contribution in [2.75, 3.05) is 6.54 Å². The molecule has 9 heteroatoms. The lowest BCUT2D eigenvalue weighted by molar-refractivity contribution is -0.137. The predicted molar refractivity (Wildman–Crippen MR) is 105 cm³/mol. The van der Waals surface area contributed by atoms with E-state index in [1.807, 2.05) is 6.07 Å². The summed E-state index contributed by atoms with van der Waals surface area (Å²) in [5.74, 6) is 0. The number of rotatable bonds is 3. The molecule has 0 aliphatic carbocycles. The van der Waals surface area contributed by atoms with Crippen molar-refractivity contribution in [1.29, 1.82) is 0 Å². The summed E-state index contributed by atoms with van der Waals surface area (Å²) in [4.78, 5) is 24.2. The second kappa shape index (κ2) is 7.57. The van der Waals surface area contributed by atoms with E-state index in [1.165, 1.54) is 6.07 Å². The number of benzene rings is 1. The first-order valence-corrected chi connectivity index (χ1v) is 9.40. The Labute approximate surface area is 169 Å². The highest BCUT2D eigenvalue weighted by molar-refractivity contribution is 7.71. The van der Waals surface area contributed by atoms with Crippen LogP contribution >= 0.6 is 12.2 Å². The van der Waals surface area contributed by atoms with Gasteiger partial charge in [0.2, 0.25) is 0 Å². The Morgan fingerprint density at radius 1 is 1.17 bits per heavy atom. The molecule has 150 valence electrons. The molecule has 0 radical (unpaired) electrons. The van der Waals surface area contributed by atoms with Gasteiger partial charge in [-0.15, -0.1) is 0 Å². The zero-order valence-corrected chi connectivity index (χ0v) is 16.0. The van der Waals surface area contributed by atoms with Crippen molar-refractivity contribution in [3.05, 3.63) is 80.1 Å². The lowest BCUT2D eigenvalue weighted by atomic mass is 10.1. The van der Waals surface area contributed by atoms with Crippen LogP contribution in [0.15, 0.2) is 47.4 Å². The minimum atomic E-state index is -4.39. The smallest absolute Gasteiger partial charge is 0.335 e. The molecule has 0 atom stereocenters. The maximum absolute atomic E-state index is 12.9. The Morgan fingerprint density at radius 3 is 2.72 bits per heavy atom. The molecule has 0 saturated heterocycles. The number of hydrogen-bond acceptors (Lipinski definition) is 4. The number of hydrogen-bond donors (Lipinski definition) is 2. The zero-order valence-electron chi connectivity index (χ0n) is 15.2. The lowest BCUT2D eigenvalue weighted by Gasteiger charge is -2.27. The van der Waals surface area contributed by atoms with Crippen LogP contribution in [0, 0.1) is 4.77 Å². The number of alkyl halides is 3. The lowest BCUT2D eigenvalue weighted by Crippen LogP contribution is -2.35. The molecule has 4 rings (SSSR count). The first-order valence-electron chi connectivity index (χ1n) is 8.99. The second-order valence-corrected chi connectivity index (χ2v) is 7.36. The predicted octanol–water partition coefficient (Wildman–Crippen LogP) is 4.07. The van der Waals surface area contributed by atoms with E-state index in [0.717, 1.165) is 29.9 Å². The molecule has 2 N–H and O–H groups in total. The highest BCUT2D eigenvalue weighted by atomic mass is 32.1. The van der Waals surface area contributed by atoms with Crippen molar-refractivity contribution < 1.29 is 13.2 Å². The average Bonchev–Trinajstić information content (AvgIpc) is 2.68. The third-order valence-corrected chi connectivity index (χ3v) is 5.11. The molecule has 1 aromatic carbocycles. The van der Waals surface area contributed by atoms with E-state index < -0.39 is 11.7 Å². The van der Waals surface area contributed by atoms with E-state index in [0.29, 0.717) is 41.1 Å². The largest absolute Gasteiger partial charge is 0.416 e.